The highest BCUT2D eigenvalue weighted by molar-refractivity contribution is 6.39. The molecular formula is C38H34Cl2N2O4. The van der Waals surface area contributed by atoms with Gasteiger partial charge in [-0.15, -0.1) is 0 Å². The second-order valence-corrected chi connectivity index (χ2v) is 13.7. The Kier molecular flexibility index (Phi) is 7.85. The highest BCUT2D eigenvalue weighted by Crippen LogP contribution is 2.48. The standard InChI is InChI=1S/C38H34Cl2N2O4/c39-33-9-4-10-34(40)35(33)36-32(37(46-41-36)22-11-12-22)20-42-26-14-15-27(42)19-28(18-26)45-21-25-13-16-30(31-8-2-1-7-29(25)31)23-5-3-6-24(17-23)38(43)44/h1-10,13,16-17,22,26-28H,11-12,14-15,18-21H2,(H,43,44). The molecule has 1 aliphatic carbocycles. The van der Waals surface area contributed by atoms with E-state index in [1.54, 1.807) is 18.2 Å². The zero-order valence-electron chi connectivity index (χ0n) is 25.3. The van der Waals surface area contributed by atoms with E-state index in [-0.39, 0.29) is 11.7 Å². The number of benzene rings is 4. The van der Waals surface area contributed by atoms with E-state index in [0.29, 0.717) is 34.7 Å². The Balaban J connectivity index is 0.999. The van der Waals surface area contributed by atoms with E-state index in [4.69, 9.17) is 32.5 Å². The molecule has 3 aliphatic rings. The number of aromatic carboxylic acids is 1. The van der Waals surface area contributed by atoms with Gasteiger partial charge in [-0.25, -0.2) is 4.79 Å². The van der Waals surface area contributed by atoms with Crippen molar-refractivity contribution >= 4 is 39.9 Å². The highest BCUT2D eigenvalue weighted by Gasteiger charge is 2.43. The SMILES string of the molecule is O=C(O)c1cccc(-c2ccc(COC3CC4CCC(C3)N4Cc3c(-c4c(Cl)cccc4Cl)noc3C3CC3)c3ccccc23)c1. The van der Waals surface area contributed by atoms with Crippen molar-refractivity contribution in [1.82, 2.24) is 10.1 Å². The number of carboxylic acids is 1. The summed E-state index contributed by atoms with van der Waals surface area (Å²) in [5, 5.41) is 17.4. The van der Waals surface area contributed by atoms with Crippen LogP contribution in [-0.2, 0) is 17.9 Å². The van der Waals surface area contributed by atoms with E-state index in [1.807, 2.05) is 36.4 Å². The fraction of sp³-hybridized carbons (Fsp3) is 0.316. The molecule has 1 saturated carbocycles. The summed E-state index contributed by atoms with van der Waals surface area (Å²) in [6.45, 7) is 1.32. The molecule has 2 saturated heterocycles. The topological polar surface area (TPSA) is 75.8 Å². The van der Waals surface area contributed by atoms with Crippen LogP contribution in [0.25, 0.3) is 33.2 Å². The Morgan fingerprint density at radius 2 is 1.61 bits per heavy atom. The smallest absolute Gasteiger partial charge is 0.335 e. The van der Waals surface area contributed by atoms with Crippen LogP contribution in [0, 0.1) is 0 Å². The number of halogens is 2. The number of ether oxygens (including phenoxy) is 1. The quantitative estimate of drug-likeness (QED) is 0.171. The van der Waals surface area contributed by atoms with Crippen LogP contribution in [-0.4, -0.2) is 39.3 Å². The summed E-state index contributed by atoms with van der Waals surface area (Å²) in [6, 6.07) is 26.1. The van der Waals surface area contributed by atoms with Gasteiger partial charge in [-0.3, -0.25) is 4.90 Å². The predicted octanol–water partition coefficient (Wildman–Crippen LogP) is 9.76. The molecular weight excluding hydrogens is 619 g/mol. The number of hydrogen-bond donors (Lipinski definition) is 1. The molecule has 1 aromatic heterocycles. The van der Waals surface area contributed by atoms with Gasteiger partial charge in [0, 0.05) is 35.7 Å². The van der Waals surface area contributed by atoms with Crippen molar-refractivity contribution in [2.24, 2.45) is 0 Å². The first kappa shape index (κ1) is 29.7. The summed E-state index contributed by atoms with van der Waals surface area (Å²) < 4.78 is 12.6. The molecule has 3 heterocycles. The number of carbonyl (C=O) groups is 1. The van der Waals surface area contributed by atoms with Gasteiger partial charge < -0.3 is 14.4 Å². The fourth-order valence-corrected chi connectivity index (χ4v) is 8.21. The number of aromatic nitrogens is 1. The molecule has 3 fully saturated rings. The maximum absolute atomic E-state index is 11.6. The molecule has 2 unspecified atom stereocenters. The van der Waals surface area contributed by atoms with E-state index in [2.05, 4.69) is 34.3 Å². The van der Waals surface area contributed by atoms with Gasteiger partial charge in [0.1, 0.15) is 11.5 Å². The highest BCUT2D eigenvalue weighted by atomic mass is 35.5. The molecule has 8 heteroatoms. The summed E-state index contributed by atoms with van der Waals surface area (Å²) in [4.78, 5) is 14.2. The summed E-state index contributed by atoms with van der Waals surface area (Å²) in [5.74, 6) is 0.499. The van der Waals surface area contributed by atoms with Crippen molar-refractivity contribution in [2.75, 3.05) is 0 Å². The van der Waals surface area contributed by atoms with E-state index < -0.39 is 5.97 Å². The molecule has 2 atom stereocenters. The fourth-order valence-electron chi connectivity index (χ4n) is 7.63. The number of rotatable bonds is 9. The zero-order chi connectivity index (χ0) is 31.4. The van der Waals surface area contributed by atoms with E-state index in [1.165, 1.54) is 0 Å². The van der Waals surface area contributed by atoms with Crippen LogP contribution in [0.5, 0.6) is 0 Å². The first-order chi connectivity index (χ1) is 22.4. The van der Waals surface area contributed by atoms with E-state index in [9.17, 15) is 9.90 Å². The number of piperidine rings is 1. The molecule has 6 nitrogen and oxygen atoms in total. The molecule has 0 radical (unpaired) electrons. The van der Waals surface area contributed by atoms with Gasteiger partial charge in [0.2, 0.25) is 0 Å². The lowest BCUT2D eigenvalue weighted by Gasteiger charge is -2.39. The van der Waals surface area contributed by atoms with Crippen LogP contribution in [0.3, 0.4) is 0 Å². The van der Waals surface area contributed by atoms with Crippen LogP contribution >= 0.6 is 23.2 Å². The predicted molar refractivity (Wildman–Crippen MR) is 180 cm³/mol. The Morgan fingerprint density at radius 3 is 2.33 bits per heavy atom. The van der Waals surface area contributed by atoms with Crippen molar-refractivity contribution in [3.8, 4) is 22.4 Å². The summed E-state index contributed by atoms with van der Waals surface area (Å²) in [7, 11) is 0. The largest absolute Gasteiger partial charge is 0.478 e. The van der Waals surface area contributed by atoms with Crippen molar-refractivity contribution in [3.63, 3.8) is 0 Å². The minimum atomic E-state index is -0.925. The van der Waals surface area contributed by atoms with Gasteiger partial charge >= 0.3 is 5.97 Å². The average Bonchev–Trinajstić information content (AvgIpc) is 3.79. The first-order valence-electron chi connectivity index (χ1n) is 16.1. The third kappa shape index (κ3) is 5.51. The van der Waals surface area contributed by atoms with Gasteiger partial charge in [-0.1, -0.05) is 83.0 Å². The molecule has 0 amide bonds. The summed E-state index contributed by atoms with van der Waals surface area (Å²) >= 11 is 13.3. The first-order valence-corrected chi connectivity index (χ1v) is 16.8. The van der Waals surface area contributed by atoms with Crippen molar-refractivity contribution in [1.29, 1.82) is 0 Å². The molecule has 2 bridgehead atoms. The van der Waals surface area contributed by atoms with Gasteiger partial charge in [0.15, 0.2) is 0 Å². The summed E-state index contributed by atoms with van der Waals surface area (Å²) in [5.41, 5.74) is 6.01. The van der Waals surface area contributed by atoms with Crippen LogP contribution in [0.4, 0.5) is 0 Å². The molecule has 234 valence electrons. The molecule has 5 aromatic rings. The number of nitrogens with zero attached hydrogens (tertiary/aromatic N) is 2. The number of carboxylic acid groups (broad SMARTS) is 1. The lowest BCUT2D eigenvalue weighted by molar-refractivity contribution is -0.0302. The normalized spacial score (nSPS) is 21.2. The molecule has 2 aliphatic heterocycles. The Bertz CT molecular complexity index is 1920. The molecule has 8 rings (SSSR count). The van der Waals surface area contributed by atoms with Crippen LogP contribution in [0.1, 0.15) is 71.7 Å². The second kappa shape index (κ2) is 12.2. The van der Waals surface area contributed by atoms with E-state index >= 15 is 0 Å². The lowest BCUT2D eigenvalue weighted by Crippen LogP contribution is -2.45. The van der Waals surface area contributed by atoms with Gasteiger partial charge in [0.05, 0.1) is 28.3 Å². The molecule has 1 N–H and O–H groups in total. The third-order valence-corrected chi connectivity index (χ3v) is 10.7. The zero-order valence-corrected chi connectivity index (χ0v) is 26.8. The molecule has 0 spiro atoms. The average molecular weight is 654 g/mol. The van der Waals surface area contributed by atoms with Crippen LogP contribution in [0.15, 0.2) is 83.4 Å². The number of fused-ring (bicyclic) bond motifs is 3. The van der Waals surface area contributed by atoms with Crippen molar-refractivity contribution < 1.29 is 19.2 Å². The maximum Gasteiger partial charge on any atom is 0.335 e. The van der Waals surface area contributed by atoms with Crippen molar-refractivity contribution in [3.05, 3.63) is 111 Å². The molecule has 4 aromatic carbocycles. The van der Waals surface area contributed by atoms with Crippen LogP contribution in [0.2, 0.25) is 10.0 Å². The van der Waals surface area contributed by atoms with E-state index in [0.717, 1.165) is 95.1 Å². The van der Waals surface area contributed by atoms with Gasteiger partial charge in [-0.05, 0) is 90.3 Å². The third-order valence-electron chi connectivity index (χ3n) is 10.1. The van der Waals surface area contributed by atoms with Gasteiger partial charge in [0.25, 0.3) is 0 Å². The van der Waals surface area contributed by atoms with Crippen molar-refractivity contribution in [2.45, 2.75) is 75.8 Å². The number of hydrogen-bond acceptors (Lipinski definition) is 5. The maximum atomic E-state index is 11.6. The van der Waals surface area contributed by atoms with Gasteiger partial charge in [-0.2, -0.15) is 0 Å². The minimum absolute atomic E-state index is 0.183. The Morgan fingerprint density at radius 1 is 0.891 bits per heavy atom. The lowest BCUT2D eigenvalue weighted by atomic mass is 9.94. The Hall–Kier alpha value is -3.68. The van der Waals surface area contributed by atoms with Crippen LogP contribution < -0.4 is 0 Å². The monoisotopic (exact) mass is 652 g/mol. The minimum Gasteiger partial charge on any atom is -0.478 e. The molecule has 46 heavy (non-hydrogen) atoms. The summed E-state index contributed by atoms with van der Waals surface area (Å²) in [6.07, 6.45) is 6.73. The Labute approximate surface area is 277 Å². The second-order valence-electron chi connectivity index (χ2n) is 12.9.